The Hall–Kier alpha value is -3.62. The number of nitrogens with zero attached hydrogens (tertiary/aromatic N) is 2. The SMILES string of the molecule is CCCCC(NC(=O)c1cccc(NS(=O)(=O)c2ccc(C(C)N3CCN(C)CC3)cc2)c1)C(=O)CNS(=O)(=O)c1ccccc1. The number of amides is 1. The molecule has 3 aromatic carbocycles. The van der Waals surface area contributed by atoms with Gasteiger partial charge in [0.15, 0.2) is 5.78 Å². The molecule has 1 aliphatic heterocycles. The molecule has 11 nitrogen and oxygen atoms in total. The van der Waals surface area contributed by atoms with Gasteiger partial charge in [-0.1, -0.05) is 56.2 Å². The lowest BCUT2D eigenvalue weighted by atomic mass is 10.0. The van der Waals surface area contributed by atoms with E-state index < -0.39 is 44.3 Å². The van der Waals surface area contributed by atoms with E-state index in [4.69, 9.17) is 0 Å². The zero-order valence-corrected chi connectivity index (χ0v) is 28.1. The number of rotatable bonds is 15. The van der Waals surface area contributed by atoms with Crippen LogP contribution in [0.5, 0.6) is 0 Å². The molecule has 0 spiro atoms. The first-order valence-corrected chi connectivity index (χ1v) is 18.4. The zero-order chi connectivity index (χ0) is 33.3. The lowest BCUT2D eigenvalue weighted by Crippen LogP contribution is -2.45. The highest BCUT2D eigenvalue weighted by molar-refractivity contribution is 7.92. The van der Waals surface area contributed by atoms with Crippen molar-refractivity contribution in [3.8, 4) is 0 Å². The first-order valence-electron chi connectivity index (χ1n) is 15.4. The Morgan fingerprint density at radius 3 is 2.13 bits per heavy atom. The van der Waals surface area contributed by atoms with E-state index in [-0.39, 0.29) is 27.1 Å². The third-order valence-electron chi connectivity index (χ3n) is 8.17. The number of unbranched alkanes of at least 4 members (excludes halogenated alkanes) is 1. The first-order chi connectivity index (χ1) is 21.9. The maximum Gasteiger partial charge on any atom is 0.261 e. The molecule has 0 saturated carbocycles. The molecule has 2 atom stereocenters. The van der Waals surface area contributed by atoms with Crippen LogP contribution in [0.2, 0.25) is 0 Å². The topological polar surface area (TPSA) is 145 Å². The molecule has 13 heteroatoms. The van der Waals surface area contributed by atoms with Gasteiger partial charge in [-0.05, 0) is 68.4 Å². The van der Waals surface area contributed by atoms with Gasteiger partial charge in [0.25, 0.3) is 15.9 Å². The minimum absolute atomic E-state index is 0.0346. The number of hydrogen-bond acceptors (Lipinski definition) is 8. The van der Waals surface area contributed by atoms with Gasteiger partial charge in [0, 0.05) is 43.5 Å². The highest BCUT2D eigenvalue weighted by atomic mass is 32.2. The third kappa shape index (κ3) is 9.46. The number of nitrogens with one attached hydrogen (secondary N) is 3. The van der Waals surface area contributed by atoms with E-state index in [1.54, 1.807) is 36.4 Å². The number of likely N-dealkylation sites (N-methyl/N-ethyl adjacent to an activating group) is 1. The molecule has 4 rings (SSSR count). The van der Waals surface area contributed by atoms with E-state index in [1.807, 2.05) is 19.1 Å². The Labute approximate surface area is 272 Å². The van der Waals surface area contributed by atoms with Gasteiger partial charge in [0.05, 0.1) is 22.4 Å². The molecule has 0 aliphatic carbocycles. The molecule has 1 amide bonds. The van der Waals surface area contributed by atoms with Crippen LogP contribution in [0.4, 0.5) is 5.69 Å². The molecule has 3 aromatic rings. The standard InChI is InChI=1S/C33H43N5O6S2/c1-4-5-14-31(32(39)24-34-45(41,42)29-12-7-6-8-13-29)35-33(40)27-10-9-11-28(23-27)36-46(43,44)30-17-15-26(16-18-30)25(2)38-21-19-37(3)20-22-38/h6-13,15-18,23,25,31,34,36H,4-5,14,19-22,24H2,1-3H3,(H,35,40). The highest BCUT2D eigenvalue weighted by Crippen LogP contribution is 2.24. The van der Waals surface area contributed by atoms with Crippen LogP contribution in [0.3, 0.4) is 0 Å². The number of sulfonamides is 2. The number of carbonyl (C=O) groups excluding carboxylic acids is 2. The average Bonchev–Trinajstić information content (AvgIpc) is 3.06. The van der Waals surface area contributed by atoms with Crippen molar-refractivity contribution in [1.29, 1.82) is 0 Å². The van der Waals surface area contributed by atoms with Crippen LogP contribution in [0.25, 0.3) is 0 Å². The Morgan fingerprint density at radius 2 is 1.48 bits per heavy atom. The summed E-state index contributed by atoms with van der Waals surface area (Å²) in [6.45, 7) is 7.45. The van der Waals surface area contributed by atoms with E-state index in [9.17, 15) is 26.4 Å². The summed E-state index contributed by atoms with van der Waals surface area (Å²) in [5, 5.41) is 2.70. The minimum atomic E-state index is -3.94. The molecular formula is C33H43N5O6S2. The molecule has 0 aromatic heterocycles. The van der Waals surface area contributed by atoms with Crippen LogP contribution < -0.4 is 14.8 Å². The second-order valence-electron chi connectivity index (χ2n) is 11.5. The van der Waals surface area contributed by atoms with Gasteiger partial charge in [-0.2, -0.15) is 0 Å². The molecule has 248 valence electrons. The molecule has 46 heavy (non-hydrogen) atoms. The fourth-order valence-electron chi connectivity index (χ4n) is 5.22. The third-order valence-corrected chi connectivity index (χ3v) is 11.0. The van der Waals surface area contributed by atoms with Crippen LogP contribution in [0, 0.1) is 0 Å². The highest BCUT2D eigenvalue weighted by Gasteiger charge is 2.25. The maximum absolute atomic E-state index is 13.2. The predicted octanol–water partition coefficient (Wildman–Crippen LogP) is 3.63. The summed E-state index contributed by atoms with van der Waals surface area (Å²) >= 11 is 0. The summed E-state index contributed by atoms with van der Waals surface area (Å²) in [6.07, 6.45) is 1.72. The fourth-order valence-corrected chi connectivity index (χ4v) is 7.28. The smallest absolute Gasteiger partial charge is 0.261 e. The first kappa shape index (κ1) is 35.2. The minimum Gasteiger partial charge on any atom is -0.342 e. The average molecular weight is 670 g/mol. The summed E-state index contributed by atoms with van der Waals surface area (Å²) < 4.78 is 56.4. The van der Waals surface area contributed by atoms with Gasteiger partial charge in [0.1, 0.15) is 0 Å². The van der Waals surface area contributed by atoms with Crippen LogP contribution in [0.15, 0.2) is 88.7 Å². The van der Waals surface area contributed by atoms with Gasteiger partial charge in [-0.3, -0.25) is 19.2 Å². The van der Waals surface area contributed by atoms with Crippen molar-refractivity contribution in [2.24, 2.45) is 0 Å². The van der Waals surface area contributed by atoms with Crippen molar-refractivity contribution in [3.05, 3.63) is 90.0 Å². The summed E-state index contributed by atoms with van der Waals surface area (Å²) in [5.74, 6) is -1.06. The van der Waals surface area contributed by atoms with E-state index in [0.717, 1.165) is 38.2 Å². The number of benzene rings is 3. The molecule has 1 fully saturated rings. The van der Waals surface area contributed by atoms with Crippen LogP contribution in [-0.4, -0.2) is 84.1 Å². The Balaban J connectivity index is 1.40. The van der Waals surface area contributed by atoms with Crippen molar-refractivity contribution < 1.29 is 26.4 Å². The van der Waals surface area contributed by atoms with Crippen molar-refractivity contribution in [2.75, 3.05) is 44.5 Å². The van der Waals surface area contributed by atoms with Crippen molar-refractivity contribution >= 4 is 37.4 Å². The molecule has 0 radical (unpaired) electrons. The van der Waals surface area contributed by atoms with Crippen molar-refractivity contribution in [2.45, 2.75) is 55.0 Å². The summed E-state index contributed by atoms with van der Waals surface area (Å²) in [4.78, 5) is 31.0. The molecule has 1 aliphatic rings. The molecule has 2 unspecified atom stereocenters. The van der Waals surface area contributed by atoms with E-state index >= 15 is 0 Å². The largest absolute Gasteiger partial charge is 0.342 e. The van der Waals surface area contributed by atoms with Crippen LogP contribution >= 0.6 is 0 Å². The summed E-state index contributed by atoms with van der Waals surface area (Å²) in [7, 11) is -5.74. The monoisotopic (exact) mass is 669 g/mol. The second kappa shape index (κ2) is 15.8. The predicted molar refractivity (Wildman–Crippen MR) is 179 cm³/mol. The lowest BCUT2D eigenvalue weighted by molar-refractivity contribution is -0.120. The van der Waals surface area contributed by atoms with Crippen molar-refractivity contribution in [3.63, 3.8) is 0 Å². The maximum atomic E-state index is 13.2. The van der Waals surface area contributed by atoms with Gasteiger partial charge < -0.3 is 10.2 Å². The second-order valence-corrected chi connectivity index (χ2v) is 15.0. The van der Waals surface area contributed by atoms with Gasteiger partial charge in [0.2, 0.25) is 10.0 Å². The number of anilines is 1. The Kier molecular flexibility index (Phi) is 12.1. The molecule has 0 bridgehead atoms. The number of ketones is 1. The fraction of sp³-hybridized carbons (Fsp3) is 0.394. The number of hydrogen-bond donors (Lipinski definition) is 3. The normalized spacial score (nSPS) is 16.0. The Bertz CT molecular complexity index is 1690. The Morgan fingerprint density at radius 1 is 0.826 bits per heavy atom. The van der Waals surface area contributed by atoms with E-state index in [0.29, 0.717) is 12.8 Å². The van der Waals surface area contributed by atoms with Gasteiger partial charge in [-0.15, -0.1) is 0 Å². The van der Waals surface area contributed by atoms with E-state index in [2.05, 4.69) is 38.5 Å². The van der Waals surface area contributed by atoms with Crippen molar-refractivity contribution in [1.82, 2.24) is 19.8 Å². The summed E-state index contributed by atoms with van der Waals surface area (Å²) in [5.41, 5.74) is 1.37. The van der Waals surface area contributed by atoms with E-state index in [1.165, 1.54) is 30.3 Å². The quantitative estimate of drug-likeness (QED) is 0.223. The number of Topliss-reactive ketones (excluding diaryl/α,β-unsaturated/α-hetero) is 1. The molecule has 1 saturated heterocycles. The lowest BCUT2D eigenvalue weighted by Gasteiger charge is -2.36. The molecule has 3 N–H and O–H groups in total. The van der Waals surface area contributed by atoms with Crippen LogP contribution in [0.1, 0.15) is 55.1 Å². The number of carbonyl (C=O) groups is 2. The van der Waals surface area contributed by atoms with Gasteiger partial charge in [-0.25, -0.2) is 21.6 Å². The summed E-state index contributed by atoms with van der Waals surface area (Å²) in [6, 6.07) is 19.8. The van der Waals surface area contributed by atoms with Gasteiger partial charge >= 0.3 is 0 Å². The van der Waals surface area contributed by atoms with Crippen LogP contribution in [-0.2, 0) is 24.8 Å². The molecular weight excluding hydrogens is 627 g/mol. The number of piperazine rings is 1. The zero-order valence-electron chi connectivity index (χ0n) is 26.5. The molecule has 1 heterocycles.